The number of esters is 1. The number of phenols is 1. The molecule has 0 aromatic heterocycles. The maximum atomic E-state index is 12.0. The summed E-state index contributed by atoms with van der Waals surface area (Å²) in [6.07, 6.45) is 16.7. The average Bonchev–Trinajstić information content (AvgIpc) is 2.79. The number of aromatic hydroxyl groups is 1. The molecule has 2 atom stereocenters. The third kappa shape index (κ3) is 14.0. The number of methoxy groups -OCH3 is 1. The molecule has 0 aliphatic heterocycles. The SMILES string of the molecule is COc1cc(/C=C/C(=O)OC/C=C(\C)CCC[C@H](C)CCC[C@H](C)CCCC(C)C)cc(C)c1O. The molecule has 0 amide bonds. The summed E-state index contributed by atoms with van der Waals surface area (Å²) in [7, 11) is 1.50. The van der Waals surface area contributed by atoms with E-state index in [1.54, 1.807) is 25.1 Å². The van der Waals surface area contributed by atoms with Gasteiger partial charge in [-0.25, -0.2) is 4.79 Å². The van der Waals surface area contributed by atoms with Gasteiger partial charge in [0, 0.05) is 6.08 Å². The van der Waals surface area contributed by atoms with Gasteiger partial charge in [-0.3, -0.25) is 0 Å². The molecule has 0 aliphatic carbocycles. The van der Waals surface area contributed by atoms with Crippen molar-refractivity contribution in [3.63, 3.8) is 0 Å². The first-order chi connectivity index (χ1) is 16.6. The number of phenolic OH excluding ortho intramolecular Hbond substituents is 1. The van der Waals surface area contributed by atoms with E-state index in [-0.39, 0.29) is 18.3 Å². The number of ether oxygens (including phenoxy) is 2. The van der Waals surface area contributed by atoms with Gasteiger partial charge >= 0.3 is 5.97 Å². The monoisotopic (exact) mass is 486 g/mol. The Kier molecular flexibility index (Phi) is 15.2. The van der Waals surface area contributed by atoms with Crippen molar-refractivity contribution in [3.05, 3.63) is 41.0 Å². The Balaban J connectivity index is 2.23. The lowest BCUT2D eigenvalue weighted by Crippen LogP contribution is -2.01. The van der Waals surface area contributed by atoms with Crippen LogP contribution in [0.3, 0.4) is 0 Å². The van der Waals surface area contributed by atoms with E-state index in [2.05, 4.69) is 34.6 Å². The van der Waals surface area contributed by atoms with Crippen LogP contribution in [0.25, 0.3) is 6.08 Å². The Morgan fingerprint density at radius 1 is 0.971 bits per heavy atom. The van der Waals surface area contributed by atoms with Crippen molar-refractivity contribution in [2.75, 3.05) is 13.7 Å². The number of hydrogen-bond acceptors (Lipinski definition) is 4. The number of aryl methyl sites for hydroxylation is 1. The molecule has 0 heterocycles. The molecule has 35 heavy (non-hydrogen) atoms. The van der Waals surface area contributed by atoms with Gasteiger partial charge in [0.1, 0.15) is 6.61 Å². The molecule has 4 nitrogen and oxygen atoms in total. The smallest absolute Gasteiger partial charge is 0.331 e. The molecule has 0 spiro atoms. The van der Waals surface area contributed by atoms with Gasteiger partial charge in [0.2, 0.25) is 0 Å². The highest BCUT2D eigenvalue weighted by molar-refractivity contribution is 5.87. The second-order valence-electron chi connectivity index (χ2n) is 10.8. The van der Waals surface area contributed by atoms with E-state index in [0.717, 1.165) is 29.7 Å². The van der Waals surface area contributed by atoms with Crippen LogP contribution < -0.4 is 4.74 Å². The molecular formula is C31H50O4. The highest BCUT2D eigenvalue weighted by atomic mass is 16.5. The summed E-state index contributed by atoms with van der Waals surface area (Å²) in [5, 5.41) is 9.91. The van der Waals surface area contributed by atoms with Gasteiger partial charge < -0.3 is 14.6 Å². The third-order valence-corrected chi connectivity index (χ3v) is 6.72. The molecule has 0 aliphatic rings. The van der Waals surface area contributed by atoms with Crippen molar-refractivity contribution in [2.24, 2.45) is 17.8 Å². The summed E-state index contributed by atoms with van der Waals surface area (Å²) in [5.74, 6) is 2.58. The number of carbonyl (C=O) groups is 1. The van der Waals surface area contributed by atoms with E-state index in [1.807, 2.05) is 6.08 Å². The van der Waals surface area contributed by atoms with E-state index in [0.29, 0.717) is 11.3 Å². The van der Waals surface area contributed by atoms with Crippen LogP contribution in [-0.4, -0.2) is 24.8 Å². The zero-order chi connectivity index (χ0) is 26.2. The molecule has 198 valence electrons. The Labute approximate surface area is 214 Å². The molecule has 4 heteroatoms. The van der Waals surface area contributed by atoms with Crippen LogP contribution in [0.2, 0.25) is 0 Å². The molecule has 1 aromatic carbocycles. The van der Waals surface area contributed by atoms with Crippen LogP contribution in [0.15, 0.2) is 29.9 Å². The fourth-order valence-electron chi connectivity index (χ4n) is 4.31. The van der Waals surface area contributed by atoms with E-state index in [4.69, 9.17) is 9.47 Å². The van der Waals surface area contributed by atoms with Gasteiger partial charge in [-0.2, -0.15) is 0 Å². The van der Waals surface area contributed by atoms with Crippen molar-refractivity contribution in [2.45, 2.75) is 99.3 Å². The van der Waals surface area contributed by atoms with Crippen LogP contribution in [0, 0.1) is 24.7 Å². The predicted octanol–water partition coefficient (Wildman–Crippen LogP) is 8.65. The summed E-state index contributed by atoms with van der Waals surface area (Å²) in [5.41, 5.74) is 2.74. The van der Waals surface area contributed by atoms with Crippen molar-refractivity contribution in [1.82, 2.24) is 0 Å². The summed E-state index contributed by atoms with van der Waals surface area (Å²) >= 11 is 0. The second-order valence-corrected chi connectivity index (χ2v) is 10.8. The first-order valence-electron chi connectivity index (χ1n) is 13.5. The Hall–Kier alpha value is -2.23. The predicted molar refractivity (Wildman–Crippen MR) is 148 cm³/mol. The van der Waals surface area contributed by atoms with Gasteiger partial charge in [-0.1, -0.05) is 78.2 Å². The first-order valence-corrected chi connectivity index (χ1v) is 13.5. The van der Waals surface area contributed by atoms with Gasteiger partial charge in [0.15, 0.2) is 11.5 Å². The van der Waals surface area contributed by atoms with E-state index in [1.165, 1.54) is 70.1 Å². The molecule has 0 saturated carbocycles. The molecule has 1 aromatic rings. The molecular weight excluding hydrogens is 436 g/mol. The molecule has 0 bridgehead atoms. The van der Waals surface area contributed by atoms with Gasteiger partial charge in [-0.05, 0) is 79.9 Å². The number of benzene rings is 1. The highest BCUT2D eigenvalue weighted by Crippen LogP contribution is 2.31. The number of hydrogen-bond donors (Lipinski definition) is 1. The number of rotatable bonds is 17. The minimum atomic E-state index is -0.384. The lowest BCUT2D eigenvalue weighted by Gasteiger charge is -2.15. The quantitative estimate of drug-likeness (QED) is 0.136. The summed E-state index contributed by atoms with van der Waals surface area (Å²) in [4.78, 5) is 12.0. The van der Waals surface area contributed by atoms with Crippen molar-refractivity contribution in [3.8, 4) is 11.5 Å². The minimum Gasteiger partial charge on any atom is -0.504 e. The van der Waals surface area contributed by atoms with Gasteiger partial charge in [0.05, 0.1) is 7.11 Å². The maximum absolute atomic E-state index is 12.0. The van der Waals surface area contributed by atoms with Gasteiger partial charge in [0.25, 0.3) is 0 Å². The van der Waals surface area contributed by atoms with Crippen molar-refractivity contribution >= 4 is 12.0 Å². The van der Waals surface area contributed by atoms with Crippen LogP contribution >= 0.6 is 0 Å². The molecule has 0 saturated heterocycles. The average molecular weight is 487 g/mol. The van der Waals surface area contributed by atoms with Crippen LogP contribution in [0.1, 0.15) is 104 Å². The minimum absolute atomic E-state index is 0.115. The Morgan fingerprint density at radius 2 is 1.57 bits per heavy atom. The van der Waals surface area contributed by atoms with E-state index < -0.39 is 0 Å². The Morgan fingerprint density at radius 3 is 2.17 bits per heavy atom. The lowest BCUT2D eigenvalue weighted by molar-refractivity contribution is -0.136. The number of allylic oxidation sites excluding steroid dienone is 1. The topological polar surface area (TPSA) is 55.8 Å². The zero-order valence-corrected chi connectivity index (χ0v) is 23.4. The molecule has 1 N–H and O–H groups in total. The largest absolute Gasteiger partial charge is 0.504 e. The van der Waals surface area contributed by atoms with Crippen molar-refractivity contribution < 1.29 is 19.4 Å². The second kappa shape index (κ2) is 17.2. The standard InChI is InChI=1S/C31H50O4/c1-23(2)11-8-12-24(3)13-9-14-25(4)15-10-16-26(5)19-20-35-30(32)18-17-28-21-27(6)31(33)29(22-28)34-7/h17-19,21-25,33H,8-16,20H2,1-7H3/b18-17+,26-19+/t24-,25-/m1/s1. The normalized spacial score (nSPS) is 13.9. The fraction of sp³-hybridized carbons (Fsp3) is 0.645. The highest BCUT2D eigenvalue weighted by Gasteiger charge is 2.08. The van der Waals surface area contributed by atoms with E-state index in [9.17, 15) is 9.90 Å². The molecule has 0 fully saturated rings. The zero-order valence-electron chi connectivity index (χ0n) is 23.4. The van der Waals surface area contributed by atoms with Crippen LogP contribution in [0.4, 0.5) is 0 Å². The molecule has 1 rings (SSSR count). The first kappa shape index (κ1) is 30.8. The summed E-state index contributed by atoms with van der Waals surface area (Å²) < 4.78 is 10.5. The Bertz CT molecular complexity index is 806. The van der Waals surface area contributed by atoms with Crippen LogP contribution in [0.5, 0.6) is 11.5 Å². The summed E-state index contributed by atoms with van der Waals surface area (Å²) in [6, 6.07) is 3.48. The van der Waals surface area contributed by atoms with E-state index >= 15 is 0 Å². The summed E-state index contributed by atoms with van der Waals surface area (Å²) in [6.45, 7) is 13.6. The third-order valence-electron chi connectivity index (χ3n) is 6.72. The van der Waals surface area contributed by atoms with Crippen LogP contribution in [-0.2, 0) is 9.53 Å². The van der Waals surface area contributed by atoms with Gasteiger partial charge in [-0.15, -0.1) is 0 Å². The maximum Gasteiger partial charge on any atom is 0.331 e. The molecule has 0 unspecified atom stereocenters. The molecule has 0 radical (unpaired) electrons. The fourth-order valence-corrected chi connectivity index (χ4v) is 4.31. The van der Waals surface area contributed by atoms with Crippen molar-refractivity contribution in [1.29, 1.82) is 0 Å². The lowest BCUT2D eigenvalue weighted by atomic mass is 9.91. The number of carbonyl (C=O) groups excluding carboxylic acids is 1.